The Morgan fingerprint density at radius 1 is 0.833 bits per heavy atom. The third kappa shape index (κ3) is 10.6. The number of rotatable bonds is 9. The van der Waals surface area contributed by atoms with E-state index in [1.807, 2.05) is 60.7 Å². The van der Waals surface area contributed by atoms with Crippen molar-refractivity contribution in [2.24, 2.45) is 0 Å². The third-order valence-electron chi connectivity index (χ3n) is 4.65. The fraction of sp³-hybridized carbons (Fsp3) is 0.250. The second-order valence-electron chi connectivity index (χ2n) is 7.04. The van der Waals surface area contributed by atoms with Crippen molar-refractivity contribution in [3.63, 3.8) is 0 Å². The molecule has 0 atom stereocenters. The minimum atomic E-state index is -3.08. The molecule has 0 bridgehead atoms. The predicted octanol–water partition coefficient (Wildman–Crippen LogP) is 8.34. The molecule has 0 aliphatic carbocycles. The monoisotopic (exact) mass is 660 g/mol. The van der Waals surface area contributed by atoms with Gasteiger partial charge in [0.1, 0.15) is 6.61 Å². The van der Waals surface area contributed by atoms with Crippen molar-refractivity contribution in [3.05, 3.63) is 84.4 Å². The van der Waals surface area contributed by atoms with Gasteiger partial charge < -0.3 is 9.05 Å². The number of hydrogen-bond acceptors (Lipinski definition) is 7. The van der Waals surface area contributed by atoms with Crippen LogP contribution >= 0.6 is 35.3 Å². The predicted molar refractivity (Wildman–Crippen MR) is 142 cm³/mol. The Labute approximate surface area is 228 Å². The van der Waals surface area contributed by atoms with Crippen LogP contribution in [0.3, 0.4) is 0 Å². The summed E-state index contributed by atoms with van der Waals surface area (Å²) in [5.74, 6) is 0. The van der Waals surface area contributed by atoms with Crippen LogP contribution in [0.2, 0.25) is 0 Å². The van der Waals surface area contributed by atoms with Crippen LogP contribution in [0.1, 0.15) is 25.2 Å². The molecule has 2 aromatic carbocycles. The van der Waals surface area contributed by atoms with E-state index in [0.29, 0.717) is 13.2 Å². The summed E-state index contributed by atoms with van der Waals surface area (Å²) < 4.78 is 37.8. The number of fused-ring (bicyclic) bond motifs is 2. The summed E-state index contributed by atoms with van der Waals surface area (Å²) in [6, 6.07) is 19.7. The van der Waals surface area contributed by atoms with E-state index >= 15 is 0 Å². The Bertz CT molecular complexity index is 1280. The number of benzene rings is 2. The summed E-state index contributed by atoms with van der Waals surface area (Å²) in [4.78, 5) is 8.50. The molecule has 0 spiro atoms. The molecule has 4 rings (SSSR count). The molecule has 0 saturated carbocycles. The molecule has 7 nitrogen and oxygen atoms in total. The number of aromatic nitrogens is 2. The Balaban J connectivity index is 0.000000237. The number of halogens is 2. The number of nitrogens with zero attached hydrogens (tertiary/aromatic N) is 2. The Morgan fingerprint density at radius 2 is 1.28 bits per heavy atom. The van der Waals surface area contributed by atoms with Gasteiger partial charge in [0.15, 0.2) is 0 Å². The standard InChI is InChI=1S/C14H18NO3P.C10H8NO2P.2ClH.Pd/c1-3-17-19(16,18-4-2)11-14-9-12-7-5-6-8-13(12)10-15-14;12-14-13-7-10-5-8-3-1-2-4-9(8)6-11-10;;;/h5-10H,3-4,11H2,1-2H3;1-6H,7H2;2*1H;/q;;;;+2/p-2. The van der Waals surface area contributed by atoms with Crippen molar-refractivity contribution in [3.8, 4) is 0 Å². The summed E-state index contributed by atoms with van der Waals surface area (Å²) in [6.07, 6.45) is 3.78. The van der Waals surface area contributed by atoms with E-state index in [1.54, 1.807) is 26.2 Å². The molecule has 0 fully saturated rings. The quantitative estimate of drug-likeness (QED) is 0.132. The normalized spacial score (nSPS) is 11.1. The zero-order valence-corrected chi connectivity index (χ0v) is 24.5. The Hall–Kier alpha value is -1.29. The average molecular weight is 662 g/mol. The number of hydrogen-bond donors (Lipinski definition) is 0. The van der Waals surface area contributed by atoms with Gasteiger partial charge in [-0.15, -0.1) is 0 Å². The van der Waals surface area contributed by atoms with Crippen LogP contribution in [0, 0.1) is 0 Å². The molecule has 0 amide bonds. The van der Waals surface area contributed by atoms with E-state index in [2.05, 4.69) is 9.97 Å². The van der Waals surface area contributed by atoms with E-state index in [0.717, 1.165) is 32.9 Å². The van der Waals surface area contributed by atoms with Gasteiger partial charge in [0, 0.05) is 23.2 Å². The molecule has 36 heavy (non-hydrogen) atoms. The maximum absolute atomic E-state index is 12.4. The first-order valence-corrected chi connectivity index (χ1v) is 17.3. The molecule has 0 aliphatic heterocycles. The van der Waals surface area contributed by atoms with Gasteiger partial charge in [0.05, 0.1) is 30.8 Å². The van der Waals surface area contributed by atoms with Crippen LogP contribution < -0.4 is 0 Å². The molecule has 2 aromatic heterocycles. The Morgan fingerprint density at radius 3 is 1.75 bits per heavy atom. The van der Waals surface area contributed by atoms with Crippen LogP contribution in [0.25, 0.3) is 21.5 Å². The van der Waals surface area contributed by atoms with Gasteiger partial charge in [-0.05, 0) is 36.8 Å². The first-order valence-electron chi connectivity index (χ1n) is 10.8. The Kier molecular flexibility index (Phi) is 14.8. The van der Waals surface area contributed by atoms with Gasteiger partial charge >= 0.3 is 51.3 Å². The van der Waals surface area contributed by atoms with Crippen molar-refractivity contribution in [2.75, 3.05) is 13.2 Å². The van der Waals surface area contributed by atoms with Crippen LogP contribution in [-0.2, 0) is 51.4 Å². The van der Waals surface area contributed by atoms with Crippen LogP contribution in [0.5, 0.6) is 0 Å². The van der Waals surface area contributed by atoms with E-state index in [-0.39, 0.29) is 37.4 Å². The van der Waals surface area contributed by atoms with Gasteiger partial charge in [0.25, 0.3) is 0 Å². The van der Waals surface area contributed by atoms with Gasteiger partial charge in [-0.1, -0.05) is 48.5 Å². The molecule has 196 valence electrons. The van der Waals surface area contributed by atoms with E-state index in [9.17, 15) is 9.13 Å². The molecular formula is C24H26Cl2N2O5P2Pd. The van der Waals surface area contributed by atoms with Gasteiger partial charge in [-0.3, -0.25) is 19.1 Å². The summed E-state index contributed by atoms with van der Waals surface area (Å²) >= 11 is -0.106. The van der Waals surface area contributed by atoms with E-state index in [1.165, 1.54) is 0 Å². The van der Waals surface area contributed by atoms with Crippen molar-refractivity contribution in [1.82, 2.24) is 9.97 Å². The fourth-order valence-corrected chi connectivity index (χ4v) is 5.04. The van der Waals surface area contributed by atoms with Crippen molar-refractivity contribution >= 4 is 56.9 Å². The van der Waals surface area contributed by atoms with E-state index in [4.69, 9.17) is 32.6 Å². The van der Waals surface area contributed by atoms with Crippen molar-refractivity contribution in [1.29, 1.82) is 0 Å². The van der Waals surface area contributed by atoms with Crippen LogP contribution in [0.4, 0.5) is 0 Å². The van der Waals surface area contributed by atoms with Crippen molar-refractivity contribution < 1.29 is 38.6 Å². The molecule has 2 heterocycles. The second kappa shape index (κ2) is 17.3. The molecular weight excluding hydrogens is 636 g/mol. The molecule has 4 aromatic rings. The molecule has 12 heteroatoms. The summed E-state index contributed by atoms with van der Waals surface area (Å²) in [7, 11) is 6.24. The SMILES string of the molecule is CCOP(=O)(Cc1cc2ccccc2cn1)OCC.O=POCc1cc2ccccc2cn1.[Cl][Pd][Cl]. The zero-order chi connectivity index (χ0) is 26.2. The van der Waals surface area contributed by atoms with Crippen molar-refractivity contribution in [2.45, 2.75) is 26.6 Å². The van der Waals surface area contributed by atoms with Gasteiger partial charge in [-0.25, -0.2) is 4.57 Å². The zero-order valence-electron chi connectivity index (χ0n) is 19.7. The molecule has 0 saturated heterocycles. The van der Waals surface area contributed by atoms with E-state index < -0.39 is 7.60 Å². The van der Waals surface area contributed by atoms with Gasteiger partial charge in [-0.2, -0.15) is 0 Å². The third-order valence-corrected chi connectivity index (χ3v) is 6.90. The molecule has 0 N–H and O–H groups in total. The topological polar surface area (TPSA) is 87.6 Å². The van der Waals surface area contributed by atoms with Crippen LogP contribution in [-0.4, -0.2) is 23.2 Å². The molecule has 0 unspecified atom stereocenters. The summed E-state index contributed by atoms with van der Waals surface area (Å²) in [5.41, 5.74) is 1.51. The minimum absolute atomic E-state index is 0.106. The summed E-state index contributed by atoms with van der Waals surface area (Å²) in [5, 5.41) is 4.35. The number of pyridine rings is 2. The maximum atomic E-state index is 12.4. The summed E-state index contributed by atoms with van der Waals surface area (Å²) in [6.45, 7) is 4.62. The first kappa shape index (κ1) is 30.9. The molecule has 0 aliphatic rings. The average Bonchev–Trinajstić information content (AvgIpc) is 2.88. The fourth-order valence-electron chi connectivity index (χ4n) is 3.24. The van der Waals surface area contributed by atoms with Gasteiger partial charge in [0.2, 0.25) is 0 Å². The first-order chi connectivity index (χ1) is 17.5. The second-order valence-corrected chi connectivity index (χ2v) is 11.9. The van der Waals surface area contributed by atoms with Crippen LogP contribution in [0.15, 0.2) is 73.1 Å². The molecule has 0 radical (unpaired) electrons.